The van der Waals surface area contributed by atoms with Crippen molar-refractivity contribution in [3.8, 4) is 0 Å². The standard InChI is InChI=1S/C12H19N5/c1-5-17-8-11(10(3)15-17)7-13-12-6-9(2)14-16(12)4/h6,8,13H,5,7H2,1-4H3. The lowest BCUT2D eigenvalue weighted by atomic mass is 10.2. The van der Waals surface area contributed by atoms with Gasteiger partial charge >= 0.3 is 0 Å². The molecule has 0 amide bonds. The van der Waals surface area contributed by atoms with Gasteiger partial charge in [-0.25, -0.2) is 0 Å². The van der Waals surface area contributed by atoms with Crippen LogP contribution < -0.4 is 5.32 Å². The van der Waals surface area contributed by atoms with Crippen molar-refractivity contribution in [2.24, 2.45) is 7.05 Å². The first-order valence-electron chi connectivity index (χ1n) is 5.87. The molecule has 0 aliphatic heterocycles. The van der Waals surface area contributed by atoms with Gasteiger partial charge in [-0.3, -0.25) is 9.36 Å². The number of nitrogens with one attached hydrogen (secondary N) is 1. The zero-order chi connectivity index (χ0) is 12.4. The van der Waals surface area contributed by atoms with Crippen LogP contribution in [0.1, 0.15) is 23.9 Å². The second kappa shape index (κ2) is 4.61. The van der Waals surface area contributed by atoms with E-state index in [-0.39, 0.29) is 0 Å². The van der Waals surface area contributed by atoms with E-state index in [1.54, 1.807) is 0 Å². The Morgan fingerprint density at radius 1 is 1.29 bits per heavy atom. The largest absolute Gasteiger partial charge is 0.366 e. The van der Waals surface area contributed by atoms with Gasteiger partial charge in [-0.15, -0.1) is 0 Å². The maximum absolute atomic E-state index is 4.42. The van der Waals surface area contributed by atoms with Crippen molar-refractivity contribution >= 4 is 5.82 Å². The second-order valence-electron chi connectivity index (χ2n) is 4.24. The van der Waals surface area contributed by atoms with Crippen LogP contribution in [0.4, 0.5) is 5.82 Å². The minimum Gasteiger partial charge on any atom is -0.366 e. The van der Waals surface area contributed by atoms with Gasteiger partial charge in [-0.1, -0.05) is 0 Å². The van der Waals surface area contributed by atoms with Crippen LogP contribution in [0.3, 0.4) is 0 Å². The molecule has 17 heavy (non-hydrogen) atoms. The third kappa shape index (κ3) is 2.49. The van der Waals surface area contributed by atoms with Crippen LogP contribution in [0.2, 0.25) is 0 Å². The maximum Gasteiger partial charge on any atom is 0.124 e. The monoisotopic (exact) mass is 233 g/mol. The number of hydrogen-bond donors (Lipinski definition) is 1. The number of nitrogens with zero attached hydrogens (tertiary/aromatic N) is 4. The summed E-state index contributed by atoms with van der Waals surface area (Å²) in [5, 5.41) is 12.1. The SMILES string of the molecule is CCn1cc(CNc2cc(C)nn2C)c(C)n1. The fourth-order valence-corrected chi connectivity index (χ4v) is 1.86. The van der Waals surface area contributed by atoms with Gasteiger partial charge in [0, 0.05) is 38.0 Å². The van der Waals surface area contributed by atoms with Crippen LogP contribution >= 0.6 is 0 Å². The average molecular weight is 233 g/mol. The summed E-state index contributed by atoms with van der Waals surface area (Å²) in [7, 11) is 1.94. The third-order valence-electron chi connectivity index (χ3n) is 2.83. The molecule has 5 nitrogen and oxygen atoms in total. The first kappa shape index (κ1) is 11.7. The van der Waals surface area contributed by atoms with Crippen LogP contribution in [0.5, 0.6) is 0 Å². The molecule has 2 heterocycles. The van der Waals surface area contributed by atoms with E-state index >= 15 is 0 Å². The Balaban J connectivity index is 2.06. The van der Waals surface area contributed by atoms with Gasteiger partial charge in [0.2, 0.25) is 0 Å². The molecule has 0 saturated carbocycles. The highest BCUT2D eigenvalue weighted by Gasteiger charge is 2.05. The Labute approximate surface area is 101 Å². The quantitative estimate of drug-likeness (QED) is 0.877. The normalized spacial score (nSPS) is 10.8. The molecule has 0 saturated heterocycles. The van der Waals surface area contributed by atoms with Crippen molar-refractivity contribution in [1.29, 1.82) is 0 Å². The molecule has 0 aromatic carbocycles. The van der Waals surface area contributed by atoms with Crippen molar-refractivity contribution in [1.82, 2.24) is 19.6 Å². The Morgan fingerprint density at radius 3 is 2.59 bits per heavy atom. The van der Waals surface area contributed by atoms with Gasteiger partial charge in [0.1, 0.15) is 5.82 Å². The Kier molecular flexibility index (Phi) is 3.17. The summed E-state index contributed by atoms with van der Waals surface area (Å²) in [6.45, 7) is 7.81. The molecule has 2 aromatic heterocycles. The van der Waals surface area contributed by atoms with Crippen molar-refractivity contribution in [3.05, 3.63) is 29.2 Å². The molecule has 0 aliphatic carbocycles. The topological polar surface area (TPSA) is 47.7 Å². The van der Waals surface area contributed by atoms with E-state index in [1.165, 1.54) is 5.56 Å². The summed E-state index contributed by atoms with van der Waals surface area (Å²) in [6.07, 6.45) is 2.09. The highest BCUT2D eigenvalue weighted by atomic mass is 15.3. The van der Waals surface area contributed by atoms with Gasteiger partial charge in [-0.05, 0) is 20.8 Å². The van der Waals surface area contributed by atoms with Gasteiger partial charge < -0.3 is 5.32 Å². The predicted octanol–water partition coefficient (Wildman–Crippen LogP) is 1.87. The van der Waals surface area contributed by atoms with E-state index in [9.17, 15) is 0 Å². The third-order valence-corrected chi connectivity index (χ3v) is 2.83. The molecule has 0 radical (unpaired) electrons. The molecule has 0 atom stereocenters. The Morgan fingerprint density at radius 2 is 2.06 bits per heavy atom. The molecule has 2 aromatic rings. The molecule has 0 spiro atoms. The van der Waals surface area contributed by atoms with Crippen LogP contribution in [0, 0.1) is 13.8 Å². The molecule has 92 valence electrons. The summed E-state index contributed by atoms with van der Waals surface area (Å²) < 4.78 is 3.82. The predicted molar refractivity (Wildman–Crippen MR) is 67.9 cm³/mol. The molecule has 2 rings (SSSR count). The van der Waals surface area contributed by atoms with Gasteiger partial charge in [-0.2, -0.15) is 10.2 Å². The summed E-state index contributed by atoms with van der Waals surface area (Å²) in [6, 6.07) is 2.04. The van der Waals surface area contributed by atoms with E-state index < -0.39 is 0 Å². The van der Waals surface area contributed by atoms with Crippen LogP contribution in [-0.2, 0) is 20.1 Å². The fraction of sp³-hybridized carbons (Fsp3) is 0.500. The van der Waals surface area contributed by atoms with Crippen molar-refractivity contribution in [3.63, 3.8) is 0 Å². The molecule has 0 fully saturated rings. The van der Waals surface area contributed by atoms with Crippen molar-refractivity contribution < 1.29 is 0 Å². The van der Waals surface area contributed by atoms with E-state index in [4.69, 9.17) is 0 Å². The van der Waals surface area contributed by atoms with E-state index in [1.807, 2.05) is 36.3 Å². The minimum absolute atomic E-state index is 0.783. The fourth-order valence-electron chi connectivity index (χ4n) is 1.86. The Bertz CT molecular complexity index is 509. The lowest BCUT2D eigenvalue weighted by molar-refractivity contribution is 0.653. The molecule has 0 aliphatic rings. The molecule has 0 unspecified atom stereocenters. The lowest BCUT2D eigenvalue weighted by Gasteiger charge is -2.04. The summed E-state index contributed by atoms with van der Waals surface area (Å²) >= 11 is 0. The number of anilines is 1. The van der Waals surface area contributed by atoms with E-state index in [0.29, 0.717) is 0 Å². The molecule has 1 N–H and O–H groups in total. The van der Waals surface area contributed by atoms with Crippen LogP contribution in [-0.4, -0.2) is 19.6 Å². The van der Waals surface area contributed by atoms with E-state index in [2.05, 4.69) is 28.6 Å². The number of rotatable bonds is 4. The molecule has 0 bridgehead atoms. The van der Waals surface area contributed by atoms with Crippen molar-refractivity contribution in [2.45, 2.75) is 33.9 Å². The number of hydrogen-bond acceptors (Lipinski definition) is 3. The molecule has 5 heteroatoms. The highest BCUT2D eigenvalue weighted by Crippen LogP contribution is 2.12. The van der Waals surface area contributed by atoms with Crippen molar-refractivity contribution in [2.75, 3.05) is 5.32 Å². The maximum atomic E-state index is 4.42. The van der Waals surface area contributed by atoms with E-state index in [0.717, 1.165) is 30.3 Å². The highest BCUT2D eigenvalue weighted by molar-refractivity contribution is 5.37. The summed E-state index contributed by atoms with van der Waals surface area (Å²) in [5.74, 6) is 1.03. The summed E-state index contributed by atoms with van der Waals surface area (Å²) in [4.78, 5) is 0. The molecular formula is C12H19N5. The second-order valence-corrected chi connectivity index (χ2v) is 4.24. The van der Waals surface area contributed by atoms with Gasteiger partial charge in [0.25, 0.3) is 0 Å². The number of aromatic nitrogens is 4. The summed E-state index contributed by atoms with van der Waals surface area (Å²) in [5.41, 5.74) is 3.33. The lowest BCUT2D eigenvalue weighted by Crippen LogP contribution is -2.04. The smallest absolute Gasteiger partial charge is 0.124 e. The van der Waals surface area contributed by atoms with Gasteiger partial charge in [0.15, 0.2) is 0 Å². The number of aryl methyl sites for hydroxylation is 4. The Hall–Kier alpha value is -1.78. The van der Waals surface area contributed by atoms with Gasteiger partial charge in [0.05, 0.1) is 11.4 Å². The van der Waals surface area contributed by atoms with Crippen LogP contribution in [0.25, 0.3) is 0 Å². The zero-order valence-electron chi connectivity index (χ0n) is 10.9. The zero-order valence-corrected chi connectivity index (χ0v) is 10.9. The average Bonchev–Trinajstić information content (AvgIpc) is 2.79. The van der Waals surface area contributed by atoms with Crippen LogP contribution in [0.15, 0.2) is 12.3 Å². The minimum atomic E-state index is 0.783. The first-order valence-corrected chi connectivity index (χ1v) is 5.87. The molecular weight excluding hydrogens is 214 g/mol. The first-order chi connectivity index (χ1) is 8.10.